The molecule has 24 heavy (non-hydrogen) atoms. The molecule has 2 aromatic carbocycles. The number of carbonyl (C=O) groups is 2. The molecule has 0 spiro atoms. The zero-order chi connectivity index (χ0) is 17.4. The third-order valence-electron chi connectivity index (χ3n) is 3.25. The number of hydrogen-bond donors (Lipinski definition) is 1. The van der Waals surface area contributed by atoms with Gasteiger partial charge in [-0.25, -0.2) is 4.90 Å². The first-order chi connectivity index (χ1) is 11.4. The van der Waals surface area contributed by atoms with Crippen LogP contribution in [0.2, 0.25) is 10.0 Å². The third-order valence-corrected chi connectivity index (χ3v) is 4.75. The Morgan fingerprint density at radius 3 is 2.04 bits per heavy atom. The fraction of sp³-hybridized carbons (Fsp3) is 0. The van der Waals surface area contributed by atoms with E-state index in [1.165, 1.54) is 18.2 Å². The highest BCUT2D eigenvalue weighted by atomic mass is 127. The molecule has 4 nitrogen and oxygen atoms in total. The SMILES string of the molecule is O=C1C(Cl)=C(Nc2ccc(I)cc2)C(=O)N1c1cc(Cl)cc(Cl)c1. The minimum absolute atomic E-state index is 0.0129. The van der Waals surface area contributed by atoms with Gasteiger partial charge in [0, 0.05) is 19.3 Å². The van der Waals surface area contributed by atoms with E-state index in [1.807, 2.05) is 12.1 Å². The normalized spacial score (nSPS) is 14.6. The standard InChI is InChI=1S/C16H8Cl3IN2O2/c17-8-5-9(18)7-12(6-8)22-15(23)13(19)14(16(22)24)21-11-3-1-10(20)2-4-11/h1-7,21H. The lowest BCUT2D eigenvalue weighted by Gasteiger charge is -2.15. The third kappa shape index (κ3) is 3.39. The molecule has 1 aliphatic heterocycles. The van der Waals surface area contributed by atoms with E-state index in [2.05, 4.69) is 27.9 Å². The van der Waals surface area contributed by atoms with Gasteiger partial charge in [0.2, 0.25) is 0 Å². The summed E-state index contributed by atoms with van der Waals surface area (Å²) < 4.78 is 1.04. The Labute approximate surface area is 166 Å². The van der Waals surface area contributed by atoms with Crippen LogP contribution in [0.4, 0.5) is 11.4 Å². The van der Waals surface area contributed by atoms with E-state index in [-0.39, 0.29) is 16.4 Å². The Bertz CT molecular complexity index is 861. The highest BCUT2D eigenvalue weighted by Gasteiger charge is 2.39. The molecule has 0 aliphatic carbocycles. The summed E-state index contributed by atoms with van der Waals surface area (Å²) >= 11 is 20.1. The van der Waals surface area contributed by atoms with E-state index in [0.717, 1.165) is 8.47 Å². The van der Waals surface area contributed by atoms with Gasteiger partial charge in [-0.1, -0.05) is 34.8 Å². The zero-order valence-electron chi connectivity index (χ0n) is 11.8. The van der Waals surface area contributed by atoms with Crippen LogP contribution in [-0.4, -0.2) is 11.8 Å². The van der Waals surface area contributed by atoms with Gasteiger partial charge < -0.3 is 5.32 Å². The van der Waals surface area contributed by atoms with Crippen LogP contribution < -0.4 is 10.2 Å². The van der Waals surface area contributed by atoms with Gasteiger partial charge in [0.1, 0.15) is 10.7 Å². The van der Waals surface area contributed by atoms with Gasteiger partial charge in [-0.05, 0) is 65.1 Å². The number of halogens is 4. The summed E-state index contributed by atoms with van der Waals surface area (Å²) in [7, 11) is 0. The van der Waals surface area contributed by atoms with E-state index < -0.39 is 11.8 Å². The first-order valence-corrected chi connectivity index (χ1v) is 8.85. The molecular weight excluding hydrogens is 485 g/mol. The van der Waals surface area contributed by atoms with Crippen LogP contribution in [0.1, 0.15) is 0 Å². The van der Waals surface area contributed by atoms with Crippen molar-refractivity contribution in [3.63, 3.8) is 0 Å². The van der Waals surface area contributed by atoms with Crippen LogP contribution in [0.3, 0.4) is 0 Å². The van der Waals surface area contributed by atoms with Crippen LogP contribution in [0.5, 0.6) is 0 Å². The average molecular weight is 494 g/mol. The van der Waals surface area contributed by atoms with Gasteiger partial charge in [-0.3, -0.25) is 9.59 Å². The number of imide groups is 1. The number of anilines is 2. The summed E-state index contributed by atoms with van der Waals surface area (Å²) in [6.45, 7) is 0. The molecule has 2 aromatic rings. The minimum Gasteiger partial charge on any atom is -0.350 e. The lowest BCUT2D eigenvalue weighted by atomic mass is 10.3. The second-order valence-corrected chi connectivity index (χ2v) is 7.39. The van der Waals surface area contributed by atoms with Crippen LogP contribution in [-0.2, 0) is 9.59 Å². The maximum atomic E-state index is 12.6. The fourth-order valence-electron chi connectivity index (χ4n) is 2.19. The quantitative estimate of drug-likeness (QED) is 0.482. The molecule has 122 valence electrons. The first-order valence-electron chi connectivity index (χ1n) is 6.64. The van der Waals surface area contributed by atoms with Crippen molar-refractivity contribution in [3.05, 3.63) is 66.8 Å². The van der Waals surface area contributed by atoms with Crippen molar-refractivity contribution in [1.29, 1.82) is 0 Å². The van der Waals surface area contributed by atoms with E-state index in [4.69, 9.17) is 34.8 Å². The lowest BCUT2D eigenvalue weighted by Crippen LogP contribution is -2.32. The summed E-state index contributed by atoms with van der Waals surface area (Å²) in [6.07, 6.45) is 0. The molecule has 1 heterocycles. The number of nitrogens with one attached hydrogen (secondary N) is 1. The number of carbonyl (C=O) groups excluding carboxylic acids is 2. The van der Waals surface area contributed by atoms with Crippen molar-refractivity contribution in [2.75, 3.05) is 10.2 Å². The van der Waals surface area contributed by atoms with Crippen molar-refractivity contribution in [3.8, 4) is 0 Å². The number of amides is 2. The molecule has 0 unspecified atom stereocenters. The molecule has 1 N–H and O–H groups in total. The van der Waals surface area contributed by atoms with Crippen molar-refractivity contribution >= 4 is 80.6 Å². The van der Waals surface area contributed by atoms with Crippen LogP contribution in [0, 0.1) is 3.57 Å². The monoisotopic (exact) mass is 492 g/mol. The highest BCUT2D eigenvalue weighted by Crippen LogP contribution is 2.33. The lowest BCUT2D eigenvalue weighted by molar-refractivity contribution is -0.120. The maximum absolute atomic E-state index is 12.6. The van der Waals surface area contributed by atoms with Crippen molar-refractivity contribution in [2.45, 2.75) is 0 Å². The van der Waals surface area contributed by atoms with Crippen LogP contribution in [0.25, 0.3) is 0 Å². The van der Waals surface area contributed by atoms with Crippen molar-refractivity contribution in [2.24, 2.45) is 0 Å². The Balaban J connectivity index is 1.94. The predicted molar refractivity (Wildman–Crippen MR) is 105 cm³/mol. The second kappa shape index (κ2) is 6.92. The van der Waals surface area contributed by atoms with Gasteiger partial charge in [0.15, 0.2) is 0 Å². The van der Waals surface area contributed by atoms with Gasteiger partial charge in [0.25, 0.3) is 11.8 Å². The molecule has 0 saturated heterocycles. The molecule has 1 aliphatic rings. The topological polar surface area (TPSA) is 49.4 Å². The summed E-state index contributed by atoms with van der Waals surface area (Å²) in [5, 5.41) is 3.33. The molecular formula is C16H8Cl3IN2O2. The van der Waals surface area contributed by atoms with E-state index >= 15 is 0 Å². The van der Waals surface area contributed by atoms with Gasteiger partial charge in [0.05, 0.1) is 5.69 Å². The predicted octanol–water partition coefficient (Wildman–Crippen LogP) is 5.03. The molecule has 0 fully saturated rings. The largest absolute Gasteiger partial charge is 0.350 e. The molecule has 2 amide bonds. The van der Waals surface area contributed by atoms with E-state index in [0.29, 0.717) is 15.7 Å². The molecule has 0 atom stereocenters. The summed E-state index contributed by atoms with van der Waals surface area (Å²) in [5.41, 5.74) is 0.926. The average Bonchev–Trinajstić information content (AvgIpc) is 2.72. The molecule has 0 radical (unpaired) electrons. The minimum atomic E-state index is -0.631. The van der Waals surface area contributed by atoms with Crippen molar-refractivity contribution in [1.82, 2.24) is 0 Å². The maximum Gasteiger partial charge on any atom is 0.283 e. The van der Waals surface area contributed by atoms with Crippen molar-refractivity contribution < 1.29 is 9.59 Å². The summed E-state index contributed by atoms with van der Waals surface area (Å²) in [6, 6.07) is 11.8. The molecule has 3 rings (SSSR count). The summed E-state index contributed by atoms with van der Waals surface area (Å²) in [5.74, 6) is -1.20. The summed E-state index contributed by atoms with van der Waals surface area (Å²) in [4.78, 5) is 26.0. The highest BCUT2D eigenvalue weighted by molar-refractivity contribution is 14.1. The Morgan fingerprint density at radius 2 is 1.46 bits per heavy atom. The van der Waals surface area contributed by atoms with E-state index in [1.54, 1.807) is 12.1 Å². The first kappa shape index (κ1) is 17.5. The number of nitrogens with zero attached hydrogens (tertiary/aromatic N) is 1. The van der Waals surface area contributed by atoms with Gasteiger partial charge >= 0.3 is 0 Å². The molecule has 8 heteroatoms. The number of rotatable bonds is 3. The zero-order valence-corrected chi connectivity index (χ0v) is 16.2. The molecule has 0 bridgehead atoms. The Morgan fingerprint density at radius 1 is 0.875 bits per heavy atom. The van der Waals surface area contributed by atoms with Crippen LogP contribution >= 0.6 is 57.4 Å². The number of benzene rings is 2. The Kier molecular flexibility index (Phi) is 5.05. The fourth-order valence-corrected chi connectivity index (χ4v) is 3.28. The van der Waals surface area contributed by atoms with Crippen LogP contribution in [0.15, 0.2) is 53.2 Å². The van der Waals surface area contributed by atoms with E-state index in [9.17, 15) is 9.59 Å². The molecule has 0 saturated carbocycles. The van der Waals surface area contributed by atoms with Gasteiger partial charge in [-0.2, -0.15) is 0 Å². The van der Waals surface area contributed by atoms with Gasteiger partial charge in [-0.15, -0.1) is 0 Å². The molecule has 0 aromatic heterocycles. The number of hydrogen-bond acceptors (Lipinski definition) is 3. The Hall–Kier alpha value is -1.28. The second-order valence-electron chi connectivity index (χ2n) is 4.89. The smallest absolute Gasteiger partial charge is 0.283 e.